The molecule has 0 aliphatic rings. The molecule has 0 fully saturated rings. The average molecular weight is 147 g/mol. The van der Waals surface area contributed by atoms with Crippen molar-refractivity contribution in [1.29, 1.82) is 0 Å². The summed E-state index contributed by atoms with van der Waals surface area (Å²) < 4.78 is 5.15. The predicted octanol–water partition coefficient (Wildman–Crippen LogP) is 0.121. The third kappa shape index (κ3) is 6.01. The molecule has 0 aliphatic carbocycles. The van der Waals surface area contributed by atoms with Crippen LogP contribution < -0.4 is 5.73 Å². The van der Waals surface area contributed by atoms with Gasteiger partial charge in [-0.1, -0.05) is 0 Å². The number of aliphatic hydroxyl groups is 1. The van der Waals surface area contributed by atoms with Crippen LogP contribution in [0.3, 0.4) is 0 Å². The Bertz CT molecular complexity index is 76.0. The zero-order valence-corrected chi connectivity index (χ0v) is 6.71. The Morgan fingerprint density at radius 2 is 2.10 bits per heavy atom. The molecule has 0 saturated carbocycles. The molecule has 0 radical (unpaired) electrons. The summed E-state index contributed by atoms with van der Waals surface area (Å²) in [4.78, 5) is 0. The van der Waals surface area contributed by atoms with Crippen LogP contribution in [0.1, 0.15) is 20.3 Å². The summed E-state index contributed by atoms with van der Waals surface area (Å²) in [6.45, 7) is 4.79. The van der Waals surface area contributed by atoms with Gasteiger partial charge in [0.2, 0.25) is 0 Å². The fourth-order valence-electron chi connectivity index (χ4n) is 0.579. The summed E-state index contributed by atoms with van der Waals surface area (Å²) in [7, 11) is 0. The molecule has 0 rings (SSSR count). The lowest BCUT2D eigenvalue weighted by atomic mass is 10.3. The van der Waals surface area contributed by atoms with E-state index in [1.54, 1.807) is 0 Å². The molecule has 0 amide bonds. The zero-order valence-electron chi connectivity index (χ0n) is 6.71. The van der Waals surface area contributed by atoms with Crippen LogP contribution in [0.25, 0.3) is 0 Å². The maximum atomic E-state index is 9.09. The number of rotatable bonds is 5. The Morgan fingerprint density at radius 1 is 1.50 bits per heavy atom. The Kier molecular flexibility index (Phi) is 5.58. The fraction of sp³-hybridized carbons (Fsp3) is 1.00. The third-order valence-corrected chi connectivity index (χ3v) is 1.12. The molecule has 10 heavy (non-hydrogen) atoms. The molecule has 0 saturated heterocycles. The maximum Gasteiger partial charge on any atom is 0.0785 e. The Balaban J connectivity index is 3.12. The van der Waals surface area contributed by atoms with Gasteiger partial charge >= 0.3 is 0 Å². The molecule has 0 aliphatic heterocycles. The fourth-order valence-corrected chi connectivity index (χ4v) is 0.579. The van der Waals surface area contributed by atoms with Crippen molar-refractivity contribution in [1.82, 2.24) is 0 Å². The lowest BCUT2D eigenvalue weighted by Crippen LogP contribution is -2.21. The molecule has 0 aromatic rings. The van der Waals surface area contributed by atoms with E-state index in [4.69, 9.17) is 15.6 Å². The molecule has 3 N–H and O–H groups in total. The van der Waals surface area contributed by atoms with E-state index in [9.17, 15) is 0 Å². The Hall–Kier alpha value is -0.120. The lowest BCUT2D eigenvalue weighted by Gasteiger charge is -2.11. The minimum absolute atomic E-state index is 0.187. The van der Waals surface area contributed by atoms with Crippen LogP contribution in [0.2, 0.25) is 0 Å². The van der Waals surface area contributed by atoms with Crippen LogP contribution in [0.15, 0.2) is 0 Å². The summed E-state index contributed by atoms with van der Waals surface area (Å²) in [6, 6.07) is 0. The van der Waals surface area contributed by atoms with Gasteiger partial charge in [0.15, 0.2) is 0 Å². The van der Waals surface area contributed by atoms with Crippen LogP contribution in [-0.4, -0.2) is 30.5 Å². The molecule has 0 heterocycles. The van der Waals surface area contributed by atoms with Crippen molar-refractivity contribution in [2.45, 2.75) is 32.5 Å². The van der Waals surface area contributed by atoms with Crippen molar-refractivity contribution in [2.75, 3.05) is 13.2 Å². The van der Waals surface area contributed by atoms with Gasteiger partial charge in [-0.25, -0.2) is 0 Å². The van der Waals surface area contributed by atoms with Crippen LogP contribution >= 0.6 is 0 Å². The van der Waals surface area contributed by atoms with Crippen LogP contribution in [-0.2, 0) is 4.74 Å². The van der Waals surface area contributed by atoms with Crippen molar-refractivity contribution < 1.29 is 9.84 Å². The monoisotopic (exact) mass is 147 g/mol. The van der Waals surface area contributed by atoms with Gasteiger partial charge in [0.05, 0.1) is 18.8 Å². The van der Waals surface area contributed by atoms with E-state index in [-0.39, 0.29) is 6.10 Å². The second-order valence-electron chi connectivity index (χ2n) is 2.61. The van der Waals surface area contributed by atoms with E-state index in [0.29, 0.717) is 19.6 Å². The van der Waals surface area contributed by atoms with Crippen molar-refractivity contribution >= 4 is 0 Å². The van der Waals surface area contributed by atoms with Crippen molar-refractivity contribution in [2.24, 2.45) is 5.73 Å². The van der Waals surface area contributed by atoms with E-state index in [1.165, 1.54) is 0 Å². The first-order chi connectivity index (χ1) is 4.66. The lowest BCUT2D eigenvalue weighted by molar-refractivity contribution is 0.00372. The minimum Gasteiger partial charge on any atom is -0.391 e. The normalized spacial score (nSPS) is 14.1. The average Bonchev–Trinajstić information content (AvgIpc) is 1.85. The molecule has 0 aromatic carbocycles. The largest absolute Gasteiger partial charge is 0.391 e. The highest BCUT2D eigenvalue weighted by Crippen LogP contribution is 1.94. The van der Waals surface area contributed by atoms with E-state index in [1.807, 2.05) is 13.8 Å². The number of aliphatic hydroxyl groups excluding tert-OH is 1. The smallest absolute Gasteiger partial charge is 0.0785 e. The van der Waals surface area contributed by atoms with Gasteiger partial charge in [-0.3, -0.25) is 0 Å². The van der Waals surface area contributed by atoms with Gasteiger partial charge in [0, 0.05) is 0 Å². The van der Waals surface area contributed by atoms with Gasteiger partial charge < -0.3 is 15.6 Å². The number of ether oxygens (including phenoxy) is 1. The van der Waals surface area contributed by atoms with Crippen molar-refractivity contribution in [3.8, 4) is 0 Å². The Labute approximate surface area is 62.2 Å². The van der Waals surface area contributed by atoms with E-state index in [2.05, 4.69) is 0 Å². The highest BCUT2D eigenvalue weighted by atomic mass is 16.5. The SMILES string of the molecule is CC(C)OC[C@H](O)CCN. The number of hydrogen-bond donors (Lipinski definition) is 2. The summed E-state index contributed by atoms with van der Waals surface area (Å²) >= 11 is 0. The Morgan fingerprint density at radius 3 is 2.50 bits per heavy atom. The minimum atomic E-state index is -0.396. The highest BCUT2D eigenvalue weighted by Gasteiger charge is 2.02. The van der Waals surface area contributed by atoms with Gasteiger partial charge in [0.1, 0.15) is 0 Å². The molecular formula is C7H17NO2. The standard InChI is InChI=1S/C7H17NO2/c1-6(2)10-5-7(9)3-4-8/h6-7,9H,3-5,8H2,1-2H3/t7-/m1/s1. The van der Waals surface area contributed by atoms with Crippen molar-refractivity contribution in [3.05, 3.63) is 0 Å². The number of hydrogen-bond acceptors (Lipinski definition) is 3. The molecule has 0 unspecified atom stereocenters. The van der Waals surface area contributed by atoms with Gasteiger partial charge in [-0.15, -0.1) is 0 Å². The topological polar surface area (TPSA) is 55.5 Å². The van der Waals surface area contributed by atoms with Crippen molar-refractivity contribution in [3.63, 3.8) is 0 Å². The first kappa shape index (κ1) is 9.88. The summed E-state index contributed by atoms with van der Waals surface area (Å²) in [5.41, 5.74) is 5.22. The maximum absolute atomic E-state index is 9.09. The first-order valence-corrected chi connectivity index (χ1v) is 3.66. The van der Waals surface area contributed by atoms with E-state index >= 15 is 0 Å². The molecule has 62 valence electrons. The molecule has 3 nitrogen and oxygen atoms in total. The quantitative estimate of drug-likeness (QED) is 0.580. The second-order valence-corrected chi connectivity index (χ2v) is 2.61. The number of nitrogens with two attached hydrogens (primary N) is 1. The highest BCUT2D eigenvalue weighted by molar-refractivity contribution is 4.54. The zero-order chi connectivity index (χ0) is 7.98. The summed E-state index contributed by atoms with van der Waals surface area (Å²) in [5.74, 6) is 0. The van der Waals surface area contributed by atoms with E-state index in [0.717, 1.165) is 0 Å². The van der Waals surface area contributed by atoms with Crippen LogP contribution in [0.5, 0.6) is 0 Å². The van der Waals surface area contributed by atoms with Gasteiger partial charge in [0.25, 0.3) is 0 Å². The molecule has 0 bridgehead atoms. The molecule has 1 atom stereocenters. The third-order valence-electron chi connectivity index (χ3n) is 1.12. The van der Waals surface area contributed by atoms with Crippen LogP contribution in [0.4, 0.5) is 0 Å². The molecular weight excluding hydrogens is 130 g/mol. The predicted molar refractivity (Wildman–Crippen MR) is 40.8 cm³/mol. The first-order valence-electron chi connectivity index (χ1n) is 3.66. The summed E-state index contributed by atoms with van der Waals surface area (Å²) in [5, 5.41) is 9.09. The molecule has 0 aromatic heterocycles. The summed E-state index contributed by atoms with van der Waals surface area (Å²) in [6.07, 6.45) is 0.409. The van der Waals surface area contributed by atoms with Gasteiger partial charge in [-0.2, -0.15) is 0 Å². The van der Waals surface area contributed by atoms with E-state index < -0.39 is 6.10 Å². The van der Waals surface area contributed by atoms with Gasteiger partial charge in [-0.05, 0) is 26.8 Å². The second kappa shape index (κ2) is 5.65. The van der Waals surface area contributed by atoms with Crippen LogP contribution in [0, 0.1) is 0 Å². The molecule has 3 heteroatoms. The molecule has 0 spiro atoms.